The van der Waals surface area contributed by atoms with Crippen LogP contribution in [0.1, 0.15) is 102 Å². The van der Waals surface area contributed by atoms with Gasteiger partial charge in [-0.05, 0) is 36.6 Å². The minimum Gasteiger partial charge on any atom is -0.354 e. The molecule has 0 unspecified atom stereocenters. The van der Waals surface area contributed by atoms with Crippen LogP contribution < -0.4 is 0 Å². The summed E-state index contributed by atoms with van der Waals surface area (Å²) in [6.07, 6.45) is 21.0. The number of benzene rings is 2. The molecule has 2 heteroatoms. The Kier molecular flexibility index (Phi) is 10.3. The Labute approximate surface area is 192 Å². The highest BCUT2D eigenvalue weighted by atomic mass is 79.9. The maximum atomic E-state index is 3.65. The molecule has 0 radical (unpaired) electrons. The summed E-state index contributed by atoms with van der Waals surface area (Å²) in [6, 6.07) is 13.3. The third-order valence-corrected chi connectivity index (χ3v) is 6.98. The van der Waals surface area contributed by atoms with Gasteiger partial charge in [0.2, 0.25) is 0 Å². The Morgan fingerprint density at radius 3 is 1.90 bits per heavy atom. The van der Waals surface area contributed by atoms with Crippen LogP contribution in [-0.2, 0) is 6.42 Å². The van der Waals surface area contributed by atoms with Gasteiger partial charge in [0.1, 0.15) is 0 Å². The van der Waals surface area contributed by atoms with Crippen molar-refractivity contribution in [2.24, 2.45) is 0 Å². The highest BCUT2D eigenvalue weighted by Crippen LogP contribution is 2.30. The summed E-state index contributed by atoms with van der Waals surface area (Å²) < 4.78 is 1.15. The van der Waals surface area contributed by atoms with E-state index in [0.29, 0.717) is 0 Å². The zero-order valence-corrected chi connectivity index (χ0v) is 20.5. The molecule has 0 saturated heterocycles. The van der Waals surface area contributed by atoms with Crippen LogP contribution >= 0.6 is 15.9 Å². The van der Waals surface area contributed by atoms with Crippen molar-refractivity contribution in [2.75, 3.05) is 0 Å². The molecule has 0 atom stereocenters. The number of nitrogens with one attached hydrogen (secondary N) is 1. The molecule has 2 aromatic carbocycles. The quantitative estimate of drug-likeness (QED) is 0.213. The molecule has 1 N–H and O–H groups in total. The van der Waals surface area contributed by atoms with E-state index in [1.54, 1.807) is 0 Å². The summed E-state index contributed by atoms with van der Waals surface area (Å²) in [5, 5.41) is 2.68. The smallest absolute Gasteiger partial charge is 0.0497 e. The molecule has 3 aromatic rings. The summed E-state index contributed by atoms with van der Waals surface area (Å²) >= 11 is 3.61. The second-order valence-corrected chi connectivity index (χ2v) is 9.92. The molecule has 1 nitrogen and oxygen atoms in total. The van der Waals surface area contributed by atoms with Crippen LogP contribution in [0.3, 0.4) is 0 Å². The number of rotatable bonds is 15. The first kappa shape index (κ1) is 23.4. The number of aromatic amines is 1. The predicted molar refractivity (Wildman–Crippen MR) is 138 cm³/mol. The third kappa shape index (κ3) is 7.15. The van der Waals surface area contributed by atoms with Crippen LogP contribution in [0.5, 0.6) is 0 Å². The number of hydrogen-bond acceptors (Lipinski definition) is 0. The maximum absolute atomic E-state index is 3.65. The maximum Gasteiger partial charge on any atom is 0.0497 e. The van der Waals surface area contributed by atoms with E-state index in [4.69, 9.17) is 0 Å². The summed E-state index contributed by atoms with van der Waals surface area (Å²) in [7, 11) is 0. The molecule has 0 fully saturated rings. The molecule has 1 heterocycles. The predicted octanol–water partition coefficient (Wildman–Crippen LogP) is 10.1. The fraction of sp³-hybridized carbons (Fsp3) is 0.571. The van der Waals surface area contributed by atoms with Crippen LogP contribution in [0, 0.1) is 0 Å². The fourth-order valence-corrected chi connectivity index (χ4v) is 5.03. The molecule has 0 aliphatic rings. The molecule has 30 heavy (non-hydrogen) atoms. The van der Waals surface area contributed by atoms with E-state index in [-0.39, 0.29) is 0 Å². The van der Waals surface area contributed by atoms with Crippen molar-refractivity contribution in [3.05, 3.63) is 46.4 Å². The van der Waals surface area contributed by atoms with E-state index < -0.39 is 0 Å². The van der Waals surface area contributed by atoms with E-state index in [0.717, 1.165) is 4.47 Å². The van der Waals surface area contributed by atoms with Gasteiger partial charge in [0.15, 0.2) is 0 Å². The molecule has 0 aliphatic carbocycles. The number of fused-ring (bicyclic) bond motifs is 3. The number of aromatic nitrogens is 1. The molecule has 3 rings (SSSR count). The first-order valence-electron chi connectivity index (χ1n) is 12.5. The van der Waals surface area contributed by atoms with Crippen molar-refractivity contribution >= 4 is 37.7 Å². The Balaban J connectivity index is 1.28. The van der Waals surface area contributed by atoms with Gasteiger partial charge in [0.25, 0.3) is 0 Å². The average Bonchev–Trinajstić information content (AvgIpc) is 3.12. The number of halogens is 1. The normalized spacial score (nSPS) is 11.7. The van der Waals surface area contributed by atoms with Crippen molar-refractivity contribution in [1.82, 2.24) is 4.98 Å². The summed E-state index contributed by atoms with van der Waals surface area (Å²) in [5.74, 6) is 0. The van der Waals surface area contributed by atoms with Crippen LogP contribution in [0.2, 0.25) is 0 Å². The van der Waals surface area contributed by atoms with E-state index >= 15 is 0 Å². The monoisotopic (exact) mass is 469 g/mol. The van der Waals surface area contributed by atoms with Gasteiger partial charge in [-0.15, -0.1) is 0 Å². The van der Waals surface area contributed by atoms with Gasteiger partial charge in [-0.3, -0.25) is 0 Å². The van der Waals surface area contributed by atoms with Gasteiger partial charge in [-0.25, -0.2) is 0 Å². The molecule has 1 aromatic heterocycles. The van der Waals surface area contributed by atoms with Gasteiger partial charge >= 0.3 is 0 Å². The minimum atomic E-state index is 1.15. The van der Waals surface area contributed by atoms with Crippen molar-refractivity contribution in [2.45, 2.75) is 103 Å². The van der Waals surface area contributed by atoms with Crippen LogP contribution in [0.4, 0.5) is 0 Å². The second kappa shape index (κ2) is 13.2. The van der Waals surface area contributed by atoms with Crippen LogP contribution in [0.25, 0.3) is 21.8 Å². The lowest BCUT2D eigenvalue weighted by Gasteiger charge is -2.05. The van der Waals surface area contributed by atoms with Gasteiger partial charge in [0.05, 0.1) is 0 Å². The lowest BCUT2D eigenvalue weighted by Crippen LogP contribution is -1.88. The molecule has 164 valence electrons. The van der Waals surface area contributed by atoms with Crippen molar-refractivity contribution in [3.63, 3.8) is 0 Å². The molecule has 0 amide bonds. The molecule has 0 saturated carbocycles. The van der Waals surface area contributed by atoms with Crippen LogP contribution in [0.15, 0.2) is 40.9 Å². The summed E-state index contributed by atoms with van der Waals surface area (Å²) in [4.78, 5) is 3.65. The second-order valence-electron chi connectivity index (χ2n) is 9.00. The van der Waals surface area contributed by atoms with Crippen molar-refractivity contribution in [1.29, 1.82) is 0 Å². The van der Waals surface area contributed by atoms with Gasteiger partial charge in [-0.1, -0.05) is 125 Å². The SMILES string of the molecule is CCCCCCCCCCCCCCCCc1cccc2c1[nH]c1ccc(Br)cc12. The fourth-order valence-electron chi connectivity index (χ4n) is 4.67. The first-order chi connectivity index (χ1) is 14.8. The lowest BCUT2D eigenvalue weighted by atomic mass is 10.0. The molecule has 0 spiro atoms. The van der Waals surface area contributed by atoms with Crippen LogP contribution in [-0.4, -0.2) is 4.98 Å². The lowest BCUT2D eigenvalue weighted by molar-refractivity contribution is 0.535. The highest BCUT2D eigenvalue weighted by molar-refractivity contribution is 9.10. The summed E-state index contributed by atoms with van der Waals surface area (Å²) in [5.41, 5.74) is 4.04. The van der Waals surface area contributed by atoms with Gasteiger partial charge in [-0.2, -0.15) is 0 Å². The highest BCUT2D eigenvalue weighted by Gasteiger charge is 2.08. The average molecular weight is 471 g/mol. The molecule has 0 bridgehead atoms. The Morgan fingerprint density at radius 2 is 1.27 bits per heavy atom. The largest absolute Gasteiger partial charge is 0.354 e. The van der Waals surface area contributed by atoms with Gasteiger partial charge < -0.3 is 4.98 Å². The molecular weight excluding hydrogens is 430 g/mol. The Hall–Kier alpha value is -1.28. The summed E-state index contributed by atoms with van der Waals surface area (Å²) in [6.45, 7) is 2.29. The van der Waals surface area contributed by atoms with E-state index in [9.17, 15) is 0 Å². The third-order valence-electron chi connectivity index (χ3n) is 6.48. The number of aryl methyl sites for hydroxylation is 1. The van der Waals surface area contributed by atoms with Crippen molar-refractivity contribution < 1.29 is 0 Å². The number of para-hydroxylation sites is 1. The van der Waals surface area contributed by atoms with Gasteiger partial charge in [0, 0.05) is 26.3 Å². The zero-order valence-electron chi connectivity index (χ0n) is 18.9. The zero-order chi connectivity index (χ0) is 21.0. The first-order valence-corrected chi connectivity index (χ1v) is 13.3. The van der Waals surface area contributed by atoms with Crippen molar-refractivity contribution in [3.8, 4) is 0 Å². The van der Waals surface area contributed by atoms with E-state index in [2.05, 4.69) is 64.2 Å². The van der Waals surface area contributed by atoms with E-state index in [1.165, 1.54) is 124 Å². The number of H-pyrrole nitrogens is 1. The molecular formula is C28H40BrN. The topological polar surface area (TPSA) is 15.8 Å². The minimum absolute atomic E-state index is 1.15. The van der Waals surface area contributed by atoms with E-state index in [1.807, 2.05) is 0 Å². The Morgan fingerprint density at radius 1 is 0.667 bits per heavy atom. The molecule has 0 aliphatic heterocycles. The standard InChI is InChI=1S/C28H40BrN/c1-2-3-4-5-6-7-8-9-10-11-12-13-14-15-17-23-18-16-19-25-26-22-24(29)20-21-27(26)30-28(23)25/h16,18-22,30H,2-15,17H2,1H3. The Bertz CT molecular complexity index is 879. The number of hydrogen-bond donors (Lipinski definition) is 1. The number of unbranched alkanes of at least 4 members (excludes halogenated alkanes) is 13.